The normalized spacial score (nSPS) is 16.4. The molecule has 0 spiro atoms. The van der Waals surface area contributed by atoms with Gasteiger partial charge >= 0.3 is 0 Å². The fraction of sp³-hybridized carbons (Fsp3) is 0.444. The topological polar surface area (TPSA) is 28.7 Å². The molecule has 11 heavy (non-hydrogen) atoms. The molecule has 1 aliphatic rings. The predicted molar refractivity (Wildman–Crippen MR) is 43.2 cm³/mol. The number of aromatic nitrogens is 2. The van der Waals surface area contributed by atoms with Crippen LogP contribution < -0.4 is 0 Å². The monoisotopic (exact) mass is 146 g/mol. The second-order valence-corrected chi connectivity index (χ2v) is 3.03. The number of nitrogens with zero attached hydrogens (tertiary/aromatic N) is 1. The molecule has 0 atom stereocenters. The van der Waals surface area contributed by atoms with Crippen molar-refractivity contribution in [2.24, 2.45) is 0 Å². The first kappa shape index (κ1) is 6.48. The zero-order valence-corrected chi connectivity index (χ0v) is 6.52. The van der Waals surface area contributed by atoms with Crippen LogP contribution in [0.5, 0.6) is 0 Å². The smallest absolute Gasteiger partial charge is 0.0812 e. The van der Waals surface area contributed by atoms with Crippen molar-refractivity contribution >= 4 is 0 Å². The zero-order chi connectivity index (χ0) is 7.84. The summed E-state index contributed by atoms with van der Waals surface area (Å²) in [7, 11) is 0. The Morgan fingerprint density at radius 2 is 2.36 bits per heavy atom. The fourth-order valence-corrected chi connectivity index (χ4v) is 1.28. The van der Waals surface area contributed by atoms with Crippen LogP contribution >= 0.6 is 0 Å². The van der Waals surface area contributed by atoms with Gasteiger partial charge in [0.15, 0.2) is 0 Å². The van der Waals surface area contributed by atoms with Crippen molar-refractivity contribution in [3.63, 3.8) is 0 Å². The summed E-state index contributed by atoms with van der Waals surface area (Å²) in [5, 5.41) is 7.10. The summed E-state index contributed by atoms with van der Waals surface area (Å²) in [5.41, 5.74) is 3.10. The first-order valence-electron chi connectivity index (χ1n) is 3.84. The van der Waals surface area contributed by atoms with Crippen molar-refractivity contribution in [1.82, 2.24) is 10.2 Å². The van der Waals surface area contributed by atoms with Gasteiger partial charge in [-0.05, 0) is 19.8 Å². The molecule has 1 aliphatic carbocycles. The molecule has 2 heteroatoms. The van der Waals surface area contributed by atoms with E-state index in [1.165, 1.54) is 12.8 Å². The van der Waals surface area contributed by atoms with Gasteiger partial charge in [-0.1, -0.05) is 5.92 Å². The van der Waals surface area contributed by atoms with Gasteiger partial charge in [-0.2, -0.15) is 5.10 Å². The Bertz CT molecular complexity index is 313. The highest BCUT2D eigenvalue weighted by molar-refractivity contribution is 5.42. The zero-order valence-electron chi connectivity index (χ0n) is 6.52. The van der Waals surface area contributed by atoms with Crippen LogP contribution in [-0.4, -0.2) is 10.2 Å². The molecule has 1 aromatic heterocycles. The summed E-state index contributed by atoms with van der Waals surface area (Å²) in [6.07, 6.45) is 7.85. The molecule has 0 saturated heterocycles. The van der Waals surface area contributed by atoms with Crippen molar-refractivity contribution < 1.29 is 0 Å². The number of rotatable bonds is 1. The molecule has 2 rings (SSSR count). The molecule has 1 saturated carbocycles. The standard InChI is InChI=1S/C9H10N2/c1-3-8-6(2)10-11-9(8)7-4-5-7/h1,7H,4-5H2,2H3,(H,10,11). The fourth-order valence-electron chi connectivity index (χ4n) is 1.28. The predicted octanol–water partition coefficient (Wildman–Crippen LogP) is 1.58. The minimum atomic E-state index is 0.644. The van der Waals surface area contributed by atoms with E-state index in [2.05, 4.69) is 16.1 Å². The van der Waals surface area contributed by atoms with Gasteiger partial charge in [-0.15, -0.1) is 6.42 Å². The molecular formula is C9H10N2. The first-order valence-corrected chi connectivity index (χ1v) is 3.84. The third kappa shape index (κ3) is 0.932. The highest BCUT2D eigenvalue weighted by Gasteiger charge is 2.28. The van der Waals surface area contributed by atoms with Crippen LogP contribution in [0.15, 0.2) is 0 Å². The number of aryl methyl sites for hydroxylation is 1. The highest BCUT2D eigenvalue weighted by Crippen LogP contribution is 2.40. The quantitative estimate of drug-likeness (QED) is 0.599. The van der Waals surface area contributed by atoms with E-state index in [9.17, 15) is 0 Å². The molecule has 1 aromatic rings. The lowest BCUT2D eigenvalue weighted by Gasteiger charge is -1.90. The average Bonchev–Trinajstić information content (AvgIpc) is 2.76. The SMILES string of the molecule is C#Cc1c(C2CC2)n[nH]c1C. The van der Waals surface area contributed by atoms with Crippen LogP contribution in [0.25, 0.3) is 0 Å². The summed E-state index contributed by atoms with van der Waals surface area (Å²) >= 11 is 0. The van der Waals surface area contributed by atoms with E-state index < -0.39 is 0 Å². The summed E-state index contributed by atoms with van der Waals surface area (Å²) < 4.78 is 0. The Balaban J connectivity index is 2.47. The Kier molecular flexibility index (Phi) is 1.25. The number of nitrogens with one attached hydrogen (secondary N) is 1. The van der Waals surface area contributed by atoms with Gasteiger partial charge in [-0.25, -0.2) is 0 Å². The Morgan fingerprint density at radius 1 is 1.64 bits per heavy atom. The molecule has 0 unspecified atom stereocenters. The minimum Gasteiger partial charge on any atom is -0.281 e. The van der Waals surface area contributed by atoms with Gasteiger partial charge < -0.3 is 0 Å². The van der Waals surface area contributed by atoms with Gasteiger partial charge in [0.2, 0.25) is 0 Å². The lowest BCUT2D eigenvalue weighted by Crippen LogP contribution is -1.83. The molecule has 0 bridgehead atoms. The highest BCUT2D eigenvalue weighted by atomic mass is 15.1. The Morgan fingerprint density at radius 3 is 2.91 bits per heavy atom. The van der Waals surface area contributed by atoms with Gasteiger partial charge in [0.05, 0.1) is 11.3 Å². The molecule has 2 nitrogen and oxygen atoms in total. The van der Waals surface area contributed by atoms with Crippen molar-refractivity contribution in [2.75, 3.05) is 0 Å². The van der Waals surface area contributed by atoms with E-state index in [0.29, 0.717) is 5.92 Å². The van der Waals surface area contributed by atoms with Crippen LogP contribution in [0.1, 0.15) is 35.7 Å². The largest absolute Gasteiger partial charge is 0.281 e. The van der Waals surface area contributed by atoms with Crippen molar-refractivity contribution in [3.8, 4) is 12.3 Å². The maximum absolute atomic E-state index is 5.35. The molecule has 56 valence electrons. The number of terminal acetylenes is 1. The molecule has 0 amide bonds. The molecule has 1 N–H and O–H groups in total. The number of hydrogen-bond donors (Lipinski definition) is 1. The van der Waals surface area contributed by atoms with Crippen LogP contribution in [0.4, 0.5) is 0 Å². The summed E-state index contributed by atoms with van der Waals surface area (Å²) in [6.45, 7) is 1.97. The van der Waals surface area contributed by atoms with Gasteiger partial charge in [0, 0.05) is 11.6 Å². The molecule has 0 aliphatic heterocycles. The molecule has 0 aromatic carbocycles. The maximum atomic E-state index is 5.35. The van der Waals surface area contributed by atoms with Gasteiger partial charge in [-0.3, -0.25) is 5.10 Å². The van der Waals surface area contributed by atoms with Crippen molar-refractivity contribution in [1.29, 1.82) is 0 Å². The number of aromatic amines is 1. The second kappa shape index (κ2) is 2.13. The maximum Gasteiger partial charge on any atom is 0.0812 e. The third-order valence-corrected chi connectivity index (χ3v) is 2.08. The Labute approximate surface area is 66.0 Å². The van der Waals surface area contributed by atoms with Crippen molar-refractivity contribution in [2.45, 2.75) is 25.7 Å². The van der Waals surface area contributed by atoms with E-state index in [1.807, 2.05) is 6.92 Å². The third-order valence-electron chi connectivity index (χ3n) is 2.08. The molecule has 0 radical (unpaired) electrons. The van der Waals surface area contributed by atoms with E-state index >= 15 is 0 Å². The number of hydrogen-bond acceptors (Lipinski definition) is 1. The van der Waals surface area contributed by atoms with E-state index in [0.717, 1.165) is 17.0 Å². The van der Waals surface area contributed by atoms with E-state index in [-0.39, 0.29) is 0 Å². The molecular weight excluding hydrogens is 136 g/mol. The minimum absolute atomic E-state index is 0.644. The molecule has 1 heterocycles. The van der Waals surface area contributed by atoms with E-state index in [1.54, 1.807) is 0 Å². The summed E-state index contributed by atoms with van der Waals surface area (Å²) in [4.78, 5) is 0. The van der Waals surface area contributed by atoms with Crippen LogP contribution in [0, 0.1) is 19.3 Å². The average molecular weight is 146 g/mol. The lowest BCUT2D eigenvalue weighted by molar-refractivity contribution is 0.953. The van der Waals surface area contributed by atoms with Crippen LogP contribution in [-0.2, 0) is 0 Å². The number of H-pyrrole nitrogens is 1. The first-order chi connectivity index (χ1) is 5.33. The summed E-state index contributed by atoms with van der Waals surface area (Å²) in [6, 6.07) is 0. The summed E-state index contributed by atoms with van der Waals surface area (Å²) in [5.74, 6) is 3.32. The van der Waals surface area contributed by atoms with Gasteiger partial charge in [0.1, 0.15) is 0 Å². The van der Waals surface area contributed by atoms with E-state index in [4.69, 9.17) is 6.42 Å². The Hall–Kier alpha value is -1.23. The van der Waals surface area contributed by atoms with Crippen LogP contribution in [0.3, 0.4) is 0 Å². The van der Waals surface area contributed by atoms with Crippen LogP contribution in [0.2, 0.25) is 0 Å². The second-order valence-electron chi connectivity index (χ2n) is 3.03. The lowest BCUT2D eigenvalue weighted by atomic mass is 10.1. The molecule has 1 fully saturated rings. The van der Waals surface area contributed by atoms with Gasteiger partial charge in [0.25, 0.3) is 0 Å². The van der Waals surface area contributed by atoms with Crippen molar-refractivity contribution in [3.05, 3.63) is 17.0 Å².